The summed E-state index contributed by atoms with van der Waals surface area (Å²) in [6.07, 6.45) is 28.2. The van der Waals surface area contributed by atoms with Crippen molar-refractivity contribution in [1.82, 2.24) is 5.32 Å². The van der Waals surface area contributed by atoms with Crippen molar-refractivity contribution in [1.29, 1.82) is 0 Å². The summed E-state index contributed by atoms with van der Waals surface area (Å²) in [5.41, 5.74) is 0.614. The Hall–Kier alpha value is -0.0151. The molecule has 3 heteroatoms. The minimum atomic E-state index is 0.606. The second-order valence-electron chi connectivity index (χ2n) is 13.8. The third-order valence-electron chi connectivity index (χ3n) is 12.9. The molecular weight excluding hydrogens is 401 g/mol. The van der Waals surface area contributed by atoms with E-state index in [-0.39, 0.29) is 0 Å². The lowest BCUT2D eigenvalue weighted by Gasteiger charge is -2.71. The Bertz CT molecular complexity index is 643. The number of ether oxygens (including phenoxy) is 1. The lowest BCUT2D eigenvalue weighted by Crippen LogP contribution is -2.70. The summed E-state index contributed by atoms with van der Waals surface area (Å²) in [5.74, 6) is 6.90. The molecular formula is C30H50BNO. The minimum absolute atomic E-state index is 0.606. The highest BCUT2D eigenvalue weighted by Gasteiger charge is 2.69. The van der Waals surface area contributed by atoms with E-state index in [0.29, 0.717) is 17.6 Å². The molecule has 7 fully saturated rings. The first-order chi connectivity index (χ1) is 16.4. The van der Waals surface area contributed by atoms with E-state index in [2.05, 4.69) is 5.32 Å². The Labute approximate surface area is 204 Å². The first-order valence-corrected chi connectivity index (χ1v) is 15.7. The van der Waals surface area contributed by atoms with Gasteiger partial charge in [0.25, 0.3) is 0 Å². The van der Waals surface area contributed by atoms with Gasteiger partial charge in [-0.1, -0.05) is 101 Å². The summed E-state index contributed by atoms with van der Waals surface area (Å²) in [7, 11) is 0. The average molecular weight is 452 g/mol. The van der Waals surface area contributed by atoms with Crippen molar-refractivity contribution in [2.45, 2.75) is 145 Å². The largest absolute Gasteiger partial charge is 0.374 e. The van der Waals surface area contributed by atoms with Gasteiger partial charge in [0, 0.05) is 0 Å². The molecule has 0 amide bonds. The highest BCUT2D eigenvalue weighted by molar-refractivity contribution is 6.64. The minimum Gasteiger partial charge on any atom is -0.374 e. The Morgan fingerprint density at radius 3 is 1.85 bits per heavy atom. The highest BCUT2D eigenvalue weighted by atomic mass is 16.5. The summed E-state index contributed by atoms with van der Waals surface area (Å²) in [4.78, 5) is 0. The van der Waals surface area contributed by atoms with Crippen LogP contribution in [0.3, 0.4) is 0 Å². The SMILES string of the molecule is C1CCC(B2C3CCCCC3C3(C4CCCCC4OC4CCCCC43)C3CNCCC23)CC1. The zero-order chi connectivity index (χ0) is 21.8. The summed E-state index contributed by atoms with van der Waals surface area (Å²) in [5, 5.41) is 4.02. The molecule has 0 aromatic carbocycles. The molecule has 8 unspecified atom stereocenters. The number of nitrogens with one attached hydrogen (secondary N) is 1. The quantitative estimate of drug-likeness (QED) is 0.417. The first-order valence-electron chi connectivity index (χ1n) is 15.7. The Kier molecular flexibility index (Phi) is 6.14. The third-order valence-corrected chi connectivity index (χ3v) is 12.9. The molecule has 3 saturated heterocycles. The maximum atomic E-state index is 7.10. The summed E-state index contributed by atoms with van der Waals surface area (Å²) in [6.45, 7) is 3.72. The normalized spacial score (nSPS) is 50.7. The predicted octanol–water partition coefficient (Wildman–Crippen LogP) is 7.50. The Balaban J connectivity index is 1.36. The van der Waals surface area contributed by atoms with Crippen LogP contribution in [0.2, 0.25) is 17.5 Å². The van der Waals surface area contributed by atoms with E-state index >= 15 is 0 Å². The average Bonchev–Trinajstić information content (AvgIpc) is 2.89. The molecule has 1 spiro atoms. The van der Waals surface area contributed by atoms with E-state index in [0.717, 1.165) is 47.8 Å². The van der Waals surface area contributed by atoms with Crippen molar-refractivity contribution in [3.05, 3.63) is 0 Å². The molecule has 0 bridgehead atoms. The van der Waals surface area contributed by atoms with Crippen LogP contribution in [0.1, 0.15) is 116 Å². The van der Waals surface area contributed by atoms with Crippen LogP contribution in [0.4, 0.5) is 0 Å². The van der Waals surface area contributed by atoms with Gasteiger partial charge in [0.05, 0.1) is 12.2 Å². The first kappa shape index (κ1) is 22.2. The van der Waals surface area contributed by atoms with Crippen LogP contribution in [0.5, 0.6) is 0 Å². The van der Waals surface area contributed by atoms with Crippen molar-refractivity contribution < 1.29 is 4.74 Å². The van der Waals surface area contributed by atoms with E-state index in [4.69, 9.17) is 4.74 Å². The van der Waals surface area contributed by atoms with E-state index in [1.807, 2.05) is 0 Å². The van der Waals surface area contributed by atoms with Gasteiger partial charge < -0.3 is 10.1 Å². The van der Waals surface area contributed by atoms with Crippen molar-refractivity contribution in [3.63, 3.8) is 0 Å². The molecule has 4 saturated carbocycles. The van der Waals surface area contributed by atoms with Gasteiger partial charge in [-0.3, -0.25) is 0 Å². The molecule has 4 aliphatic carbocycles. The summed E-state index contributed by atoms with van der Waals surface area (Å²) < 4.78 is 7.10. The molecule has 1 N–H and O–H groups in total. The van der Waals surface area contributed by atoms with E-state index in [1.54, 1.807) is 25.7 Å². The van der Waals surface area contributed by atoms with Crippen LogP contribution in [-0.4, -0.2) is 32.0 Å². The van der Waals surface area contributed by atoms with Gasteiger partial charge in [0.1, 0.15) is 6.71 Å². The summed E-state index contributed by atoms with van der Waals surface area (Å²) in [6, 6.07) is 0. The monoisotopic (exact) mass is 451 g/mol. The zero-order valence-electron chi connectivity index (χ0n) is 21.3. The van der Waals surface area contributed by atoms with Crippen LogP contribution >= 0.6 is 0 Å². The fourth-order valence-electron chi connectivity index (χ4n) is 12.2. The lowest BCUT2D eigenvalue weighted by atomic mass is 9.15. The Morgan fingerprint density at radius 2 is 1.12 bits per heavy atom. The van der Waals surface area contributed by atoms with Gasteiger partial charge in [0.2, 0.25) is 0 Å². The molecule has 7 aliphatic rings. The standard InChI is InChI=1S/C30H50BNO/c1-2-10-21(11-3-1)31-26-15-7-4-12-22(26)30(25-20-32-19-18-27(25)31)23-13-5-8-16-28(23)33-29-17-9-6-14-24(29)30/h21-29,32H,1-20H2. The van der Waals surface area contributed by atoms with Crippen molar-refractivity contribution >= 4 is 6.71 Å². The van der Waals surface area contributed by atoms with Gasteiger partial charge in [-0.2, -0.15) is 0 Å². The van der Waals surface area contributed by atoms with E-state index in [9.17, 15) is 0 Å². The Morgan fingerprint density at radius 1 is 0.545 bits per heavy atom. The summed E-state index contributed by atoms with van der Waals surface area (Å²) >= 11 is 0. The van der Waals surface area contributed by atoms with Crippen molar-refractivity contribution in [2.75, 3.05) is 13.1 Å². The number of piperidine rings is 1. The zero-order valence-corrected chi connectivity index (χ0v) is 21.3. The molecule has 33 heavy (non-hydrogen) atoms. The lowest BCUT2D eigenvalue weighted by molar-refractivity contribution is -0.255. The molecule has 8 atom stereocenters. The number of hydrogen-bond donors (Lipinski definition) is 1. The van der Waals surface area contributed by atoms with Crippen LogP contribution < -0.4 is 5.32 Å². The number of rotatable bonds is 1. The van der Waals surface area contributed by atoms with Gasteiger partial charge in [-0.25, -0.2) is 0 Å². The fraction of sp³-hybridized carbons (Fsp3) is 1.00. The van der Waals surface area contributed by atoms with Gasteiger partial charge in [-0.05, 0) is 74.3 Å². The van der Waals surface area contributed by atoms with Crippen LogP contribution in [-0.2, 0) is 4.74 Å². The van der Waals surface area contributed by atoms with Crippen molar-refractivity contribution in [2.24, 2.45) is 29.1 Å². The predicted molar refractivity (Wildman–Crippen MR) is 138 cm³/mol. The van der Waals surface area contributed by atoms with Crippen LogP contribution in [0.25, 0.3) is 0 Å². The smallest absolute Gasteiger partial charge is 0.150 e. The second-order valence-corrected chi connectivity index (χ2v) is 13.8. The van der Waals surface area contributed by atoms with Gasteiger partial charge in [0.15, 0.2) is 0 Å². The van der Waals surface area contributed by atoms with Crippen LogP contribution in [0, 0.1) is 29.1 Å². The maximum absolute atomic E-state index is 7.10. The van der Waals surface area contributed by atoms with Crippen LogP contribution in [0.15, 0.2) is 0 Å². The maximum Gasteiger partial charge on any atom is 0.150 e. The highest BCUT2D eigenvalue weighted by Crippen LogP contribution is 2.73. The molecule has 2 nitrogen and oxygen atoms in total. The van der Waals surface area contributed by atoms with Crippen molar-refractivity contribution in [3.8, 4) is 0 Å². The van der Waals surface area contributed by atoms with E-state index < -0.39 is 0 Å². The van der Waals surface area contributed by atoms with E-state index in [1.165, 1.54) is 103 Å². The van der Waals surface area contributed by atoms with Gasteiger partial charge in [-0.15, -0.1) is 0 Å². The number of fused-ring (bicyclic) bond motifs is 8. The molecule has 3 aliphatic heterocycles. The molecule has 7 rings (SSSR count). The molecule has 0 radical (unpaired) electrons. The molecule has 3 heterocycles. The molecule has 0 aromatic heterocycles. The molecule has 0 aromatic rings. The second kappa shape index (κ2) is 9.13. The fourth-order valence-corrected chi connectivity index (χ4v) is 12.2. The molecule has 184 valence electrons. The van der Waals surface area contributed by atoms with Gasteiger partial charge >= 0.3 is 0 Å². The topological polar surface area (TPSA) is 21.3 Å². The third kappa shape index (κ3) is 3.40. The number of hydrogen-bond acceptors (Lipinski definition) is 2.